The molecule has 11 heteroatoms. The Morgan fingerprint density at radius 2 is 1.50 bits per heavy atom. The summed E-state index contributed by atoms with van der Waals surface area (Å²) < 4.78 is 39.8. The maximum atomic E-state index is 13.0. The molecule has 2 aliphatic rings. The third kappa shape index (κ3) is 4.75. The minimum atomic E-state index is -3.41. The van der Waals surface area contributed by atoms with E-state index in [-0.39, 0.29) is 5.56 Å². The number of piperazine rings is 1. The molecule has 0 atom stereocenters. The Morgan fingerprint density at radius 3 is 2.12 bits per heavy atom. The molecular weight excluding hydrogens is 434 g/mol. The second kappa shape index (κ2) is 9.74. The van der Waals surface area contributed by atoms with Crippen LogP contribution in [0.3, 0.4) is 0 Å². The molecule has 0 bridgehead atoms. The minimum Gasteiger partial charge on any atom is -0.493 e. The van der Waals surface area contributed by atoms with Gasteiger partial charge in [0.25, 0.3) is 15.8 Å². The molecule has 2 fully saturated rings. The van der Waals surface area contributed by atoms with E-state index in [1.165, 1.54) is 14.2 Å². The minimum absolute atomic E-state index is 0.242. The lowest BCUT2D eigenvalue weighted by Gasteiger charge is -2.36. The smallest absolute Gasteiger partial charge is 0.282 e. The lowest BCUT2D eigenvalue weighted by molar-refractivity contribution is 0.171. The van der Waals surface area contributed by atoms with E-state index in [0.29, 0.717) is 74.0 Å². The maximum Gasteiger partial charge on any atom is 0.282 e. The highest BCUT2D eigenvalue weighted by Crippen LogP contribution is 2.30. The Kier molecular flexibility index (Phi) is 6.99. The third-order valence-corrected chi connectivity index (χ3v) is 8.22. The highest BCUT2D eigenvalue weighted by molar-refractivity contribution is 7.86. The number of nitrogens with zero attached hydrogens (tertiary/aromatic N) is 4. The zero-order chi connectivity index (χ0) is 22.7. The van der Waals surface area contributed by atoms with Crippen LogP contribution in [0.5, 0.6) is 11.5 Å². The number of aromatic amines is 1. The van der Waals surface area contributed by atoms with Crippen molar-refractivity contribution in [1.82, 2.24) is 23.5 Å². The van der Waals surface area contributed by atoms with Crippen LogP contribution < -0.4 is 15.0 Å². The van der Waals surface area contributed by atoms with Crippen molar-refractivity contribution in [3.8, 4) is 11.5 Å². The average molecular weight is 466 g/mol. The van der Waals surface area contributed by atoms with Crippen molar-refractivity contribution >= 4 is 21.1 Å². The molecule has 3 heterocycles. The van der Waals surface area contributed by atoms with Gasteiger partial charge in [0.1, 0.15) is 5.82 Å². The summed E-state index contributed by atoms with van der Waals surface area (Å²) in [7, 11) is -0.355. The number of benzene rings is 1. The fraction of sp³-hybridized carbons (Fsp3) is 0.619. The molecule has 2 saturated heterocycles. The molecule has 1 aromatic heterocycles. The molecule has 0 saturated carbocycles. The van der Waals surface area contributed by atoms with Crippen LogP contribution >= 0.6 is 0 Å². The van der Waals surface area contributed by atoms with E-state index in [4.69, 9.17) is 9.47 Å². The Balaban J connectivity index is 1.44. The first-order valence-corrected chi connectivity index (χ1v) is 12.4. The van der Waals surface area contributed by atoms with Crippen molar-refractivity contribution in [3.05, 3.63) is 28.3 Å². The average Bonchev–Trinajstić information content (AvgIpc) is 3.09. The lowest BCUT2D eigenvalue weighted by atomic mass is 10.2. The van der Waals surface area contributed by atoms with Gasteiger partial charge in [-0.15, -0.1) is 0 Å². The van der Waals surface area contributed by atoms with Gasteiger partial charge < -0.3 is 14.5 Å². The van der Waals surface area contributed by atoms with Crippen LogP contribution in [-0.4, -0.2) is 85.4 Å². The number of methoxy groups -OCH3 is 2. The molecule has 176 valence electrons. The molecule has 0 aliphatic carbocycles. The number of hydrogen-bond acceptors (Lipinski definition) is 7. The van der Waals surface area contributed by atoms with Gasteiger partial charge >= 0.3 is 0 Å². The molecule has 4 rings (SSSR count). The van der Waals surface area contributed by atoms with E-state index >= 15 is 0 Å². The molecule has 1 N–H and O–H groups in total. The van der Waals surface area contributed by atoms with Gasteiger partial charge in [-0.3, -0.25) is 9.69 Å². The van der Waals surface area contributed by atoms with Crippen LogP contribution in [0.1, 0.15) is 31.5 Å². The quantitative estimate of drug-likeness (QED) is 0.682. The summed E-state index contributed by atoms with van der Waals surface area (Å²) in [6.45, 7) is 3.69. The van der Waals surface area contributed by atoms with Crippen molar-refractivity contribution in [2.45, 2.75) is 32.2 Å². The zero-order valence-electron chi connectivity index (χ0n) is 18.7. The number of rotatable bonds is 6. The van der Waals surface area contributed by atoms with E-state index in [9.17, 15) is 13.2 Å². The van der Waals surface area contributed by atoms with E-state index < -0.39 is 10.2 Å². The lowest BCUT2D eigenvalue weighted by Crippen LogP contribution is -2.53. The van der Waals surface area contributed by atoms with Crippen LogP contribution in [0.4, 0.5) is 0 Å². The Morgan fingerprint density at radius 1 is 0.906 bits per heavy atom. The first-order chi connectivity index (χ1) is 15.4. The van der Waals surface area contributed by atoms with Gasteiger partial charge in [0.15, 0.2) is 11.5 Å². The second-order valence-corrected chi connectivity index (χ2v) is 10.2. The summed E-state index contributed by atoms with van der Waals surface area (Å²) in [5, 5.41) is 0.430. The molecule has 32 heavy (non-hydrogen) atoms. The topological polar surface area (TPSA) is 108 Å². The van der Waals surface area contributed by atoms with Gasteiger partial charge in [0.05, 0.1) is 31.7 Å². The Labute approximate surface area is 188 Å². The molecule has 0 amide bonds. The van der Waals surface area contributed by atoms with Crippen molar-refractivity contribution in [1.29, 1.82) is 0 Å². The fourth-order valence-corrected chi connectivity index (χ4v) is 6.03. The molecule has 2 aromatic rings. The van der Waals surface area contributed by atoms with Crippen LogP contribution in [-0.2, 0) is 16.8 Å². The largest absolute Gasteiger partial charge is 0.493 e. The highest BCUT2D eigenvalue weighted by atomic mass is 32.2. The number of nitrogens with one attached hydrogen (secondary N) is 1. The summed E-state index contributed by atoms with van der Waals surface area (Å²) in [5.41, 5.74) is 0.289. The summed E-state index contributed by atoms with van der Waals surface area (Å²) in [6.07, 6.45) is 4.04. The van der Waals surface area contributed by atoms with Gasteiger partial charge in [-0.1, -0.05) is 12.8 Å². The predicted molar refractivity (Wildman–Crippen MR) is 121 cm³/mol. The molecule has 0 spiro atoms. The Bertz CT molecular complexity index is 1100. The fourth-order valence-electron chi connectivity index (χ4n) is 4.36. The van der Waals surface area contributed by atoms with Crippen molar-refractivity contribution < 1.29 is 17.9 Å². The molecule has 0 unspecified atom stereocenters. The van der Waals surface area contributed by atoms with E-state index in [0.717, 1.165) is 25.7 Å². The highest BCUT2D eigenvalue weighted by Gasteiger charge is 2.32. The van der Waals surface area contributed by atoms with Crippen LogP contribution in [0.25, 0.3) is 10.9 Å². The Hall–Kier alpha value is -2.21. The van der Waals surface area contributed by atoms with Gasteiger partial charge in [0.2, 0.25) is 0 Å². The van der Waals surface area contributed by atoms with E-state index in [1.54, 1.807) is 20.7 Å². The summed E-state index contributed by atoms with van der Waals surface area (Å²) >= 11 is 0. The van der Waals surface area contributed by atoms with Crippen molar-refractivity contribution in [3.63, 3.8) is 0 Å². The number of aromatic nitrogens is 2. The first kappa shape index (κ1) is 23.0. The maximum absolute atomic E-state index is 13.0. The normalized spacial score (nSPS) is 19.7. The van der Waals surface area contributed by atoms with Gasteiger partial charge in [0, 0.05) is 45.3 Å². The van der Waals surface area contributed by atoms with Gasteiger partial charge in [-0.05, 0) is 18.9 Å². The third-order valence-electron chi connectivity index (χ3n) is 6.18. The van der Waals surface area contributed by atoms with Crippen LogP contribution in [0.15, 0.2) is 16.9 Å². The number of hydrogen-bond donors (Lipinski definition) is 1. The van der Waals surface area contributed by atoms with Crippen LogP contribution in [0, 0.1) is 0 Å². The van der Waals surface area contributed by atoms with Gasteiger partial charge in [-0.2, -0.15) is 17.0 Å². The molecule has 2 aliphatic heterocycles. The van der Waals surface area contributed by atoms with E-state index in [2.05, 4.69) is 14.9 Å². The molecular formula is C21H31N5O5S. The van der Waals surface area contributed by atoms with Crippen molar-refractivity contribution in [2.75, 3.05) is 53.5 Å². The van der Waals surface area contributed by atoms with Crippen molar-refractivity contribution in [2.24, 2.45) is 0 Å². The molecule has 0 radical (unpaired) electrons. The molecule has 1 aromatic carbocycles. The monoisotopic (exact) mass is 465 g/mol. The predicted octanol–water partition coefficient (Wildman–Crippen LogP) is 1.18. The standard InChI is InChI=1S/C21H31N5O5S/c1-30-18-13-16-17(14-19(18)31-2)22-20(23-21(16)27)15-24-9-11-26(12-10-24)32(28,29)25-7-5-3-4-6-8-25/h13-14H,3-12,15H2,1-2H3,(H,22,23,27). The number of fused-ring (bicyclic) bond motifs is 1. The summed E-state index contributed by atoms with van der Waals surface area (Å²) in [6, 6.07) is 3.31. The molecule has 10 nitrogen and oxygen atoms in total. The first-order valence-electron chi connectivity index (χ1n) is 11.0. The SMILES string of the molecule is COc1cc2nc(CN3CCN(S(=O)(=O)N4CCCCCC4)CC3)[nH]c(=O)c2cc1OC. The second-order valence-electron chi connectivity index (χ2n) is 8.23. The van der Waals surface area contributed by atoms with E-state index in [1.807, 2.05) is 0 Å². The summed E-state index contributed by atoms with van der Waals surface area (Å²) in [4.78, 5) is 22.1. The summed E-state index contributed by atoms with van der Waals surface area (Å²) in [5.74, 6) is 1.52. The van der Waals surface area contributed by atoms with Crippen LogP contribution in [0.2, 0.25) is 0 Å². The number of H-pyrrole nitrogens is 1. The zero-order valence-corrected chi connectivity index (χ0v) is 19.5. The van der Waals surface area contributed by atoms with Gasteiger partial charge in [-0.25, -0.2) is 4.98 Å². The number of ether oxygens (including phenoxy) is 2.